The molecule has 0 unspecified atom stereocenters. The van der Waals surface area contributed by atoms with E-state index in [0.717, 1.165) is 29.7 Å². The van der Waals surface area contributed by atoms with Crippen LogP contribution in [0.5, 0.6) is 0 Å². The van der Waals surface area contributed by atoms with Crippen LogP contribution in [0.15, 0.2) is 42.6 Å². The topological polar surface area (TPSA) is 12.9 Å². The van der Waals surface area contributed by atoms with Gasteiger partial charge < -0.3 is 0 Å². The molecule has 0 fully saturated rings. The number of hydrogen-bond donors (Lipinski definition) is 0. The van der Waals surface area contributed by atoms with E-state index in [4.69, 9.17) is 0 Å². The van der Waals surface area contributed by atoms with Gasteiger partial charge >= 0.3 is 0 Å². The zero-order valence-corrected chi connectivity index (χ0v) is 10.3. The van der Waals surface area contributed by atoms with E-state index >= 15 is 0 Å². The summed E-state index contributed by atoms with van der Waals surface area (Å²) in [4.78, 5) is 4.33. The highest BCUT2D eigenvalue weighted by Crippen LogP contribution is 2.17. The fraction of sp³-hybridized carbons (Fsp3) is 0.188. The van der Waals surface area contributed by atoms with Crippen molar-refractivity contribution in [1.29, 1.82) is 0 Å². The number of unbranched alkanes of at least 4 members (excludes halogenated alkanes) is 1. The highest BCUT2D eigenvalue weighted by atomic mass is 19.1. The molecule has 0 N–H and O–H groups in total. The highest BCUT2D eigenvalue weighted by molar-refractivity contribution is 5.59. The minimum atomic E-state index is -0.235. The lowest BCUT2D eigenvalue weighted by molar-refractivity contribution is 0.628. The third kappa shape index (κ3) is 3.18. The second-order valence-electron chi connectivity index (χ2n) is 3.99. The molecule has 1 aromatic carbocycles. The zero-order chi connectivity index (χ0) is 12.8. The molecule has 0 bridgehead atoms. The van der Waals surface area contributed by atoms with E-state index in [9.17, 15) is 4.39 Å². The summed E-state index contributed by atoms with van der Waals surface area (Å²) in [5, 5.41) is 0. The Kier molecular flexibility index (Phi) is 4.09. The normalized spacial score (nSPS) is 9.67. The SMILES string of the molecule is CCCC#Cc1ccc(-c2ccc(F)cc2)nc1. The van der Waals surface area contributed by atoms with E-state index in [1.807, 2.05) is 12.1 Å². The molecule has 0 atom stereocenters. The van der Waals surface area contributed by atoms with E-state index in [0.29, 0.717) is 0 Å². The molecule has 0 saturated heterocycles. The number of hydrogen-bond acceptors (Lipinski definition) is 1. The van der Waals surface area contributed by atoms with Crippen LogP contribution >= 0.6 is 0 Å². The molecule has 0 aliphatic heterocycles. The van der Waals surface area contributed by atoms with Crippen LogP contribution < -0.4 is 0 Å². The lowest BCUT2D eigenvalue weighted by atomic mass is 10.1. The Balaban J connectivity index is 2.18. The molecule has 0 aliphatic rings. The molecule has 0 radical (unpaired) electrons. The van der Waals surface area contributed by atoms with Crippen LogP contribution in [-0.2, 0) is 0 Å². The van der Waals surface area contributed by atoms with Crippen molar-refractivity contribution in [3.05, 3.63) is 54.0 Å². The molecule has 1 heterocycles. The summed E-state index contributed by atoms with van der Waals surface area (Å²) in [7, 11) is 0. The summed E-state index contributed by atoms with van der Waals surface area (Å²) in [6.07, 6.45) is 3.72. The van der Waals surface area contributed by atoms with Crippen LogP contribution in [0.25, 0.3) is 11.3 Å². The van der Waals surface area contributed by atoms with E-state index in [-0.39, 0.29) is 5.82 Å². The first-order chi connectivity index (χ1) is 8.79. The van der Waals surface area contributed by atoms with Crippen molar-refractivity contribution < 1.29 is 4.39 Å². The van der Waals surface area contributed by atoms with E-state index in [1.165, 1.54) is 12.1 Å². The quantitative estimate of drug-likeness (QED) is 0.721. The van der Waals surface area contributed by atoms with Gasteiger partial charge in [-0.25, -0.2) is 4.39 Å². The first-order valence-corrected chi connectivity index (χ1v) is 6.00. The fourth-order valence-electron chi connectivity index (χ4n) is 1.55. The second kappa shape index (κ2) is 5.97. The largest absolute Gasteiger partial charge is 0.255 e. The maximum atomic E-state index is 12.8. The maximum Gasteiger partial charge on any atom is 0.123 e. The van der Waals surface area contributed by atoms with Gasteiger partial charge in [-0.1, -0.05) is 18.8 Å². The van der Waals surface area contributed by atoms with Gasteiger partial charge in [-0.05, 0) is 42.8 Å². The second-order valence-corrected chi connectivity index (χ2v) is 3.99. The van der Waals surface area contributed by atoms with Crippen LogP contribution in [0.4, 0.5) is 4.39 Å². The fourth-order valence-corrected chi connectivity index (χ4v) is 1.55. The zero-order valence-electron chi connectivity index (χ0n) is 10.3. The molecule has 0 aliphatic carbocycles. The molecule has 18 heavy (non-hydrogen) atoms. The maximum absolute atomic E-state index is 12.8. The number of rotatable bonds is 2. The Bertz CT molecular complexity index is 559. The average Bonchev–Trinajstić information content (AvgIpc) is 2.41. The monoisotopic (exact) mass is 239 g/mol. The lowest BCUT2D eigenvalue weighted by Gasteiger charge is -2.00. The molecule has 2 rings (SSSR count). The molecule has 1 aromatic heterocycles. The minimum absolute atomic E-state index is 0.235. The Morgan fingerprint density at radius 2 is 1.89 bits per heavy atom. The predicted octanol–water partition coefficient (Wildman–Crippen LogP) is 4.04. The van der Waals surface area contributed by atoms with Crippen LogP contribution in [0, 0.1) is 17.7 Å². The van der Waals surface area contributed by atoms with Gasteiger partial charge in [0.15, 0.2) is 0 Å². The summed E-state index contributed by atoms with van der Waals surface area (Å²) in [5.41, 5.74) is 2.65. The molecule has 0 spiro atoms. The van der Waals surface area contributed by atoms with Gasteiger partial charge in [0.05, 0.1) is 5.69 Å². The number of pyridine rings is 1. The number of aromatic nitrogens is 1. The molecular weight excluding hydrogens is 225 g/mol. The van der Waals surface area contributed by atoms with Crippen molar-refractivity contribution >= 4 is 0 Å². The molecule has 0 saturated carbocycles. The van der Waals surface area contributed by atoms with Gasteiger partial charge in [0.1, 0.15) is 5.82 Å². The van der Waals surface area contributed by atoms with E-state index in [1.54, 1.807) is 18.3 Å². The summed E-state index contributed by atoms with van der Waals surface area (Å²) in [6.45, 7) is 2.10. The smallest absolute Gasteiger partial charge is 0.123 e. The van der Waals surface area contributed by atoms with Crippen LogP contribution in [0.1, 0.15) is 25.3 Å². The minimum Gasteiger partial charge on any atom is -0.255 e. The number of nitrogens with zero attached hydrogens (tertiary/aromatic N) is 1. The van der Waals surface area contributed by atoms with Gasteiger partial charge in [-0.15, -0.1) is 0 Å². The van der Waals surface area contributed by atoms with Gasteiger partial charge in [0.25, 0.3) is 0 Å². The molecular formula is C16H14FN. The van der Waals surface area contributed by atoms with Gasteiger partial charge in [0, 0.05) is 23.7 Å². The van der Waals surface area contributed by atoms with Crippen LogP contribution in [-0.4, -0.2) is 4.98 Å². The van der Waals surface area contributed by atoms with Crippen LogP contribution in [0.2, 0.25) is 0 Å². The summed E-state index contributed by atoms with van der Waals surface area (Å²) in [6, 6.07) is 10.2. The molecule has 2 heteroatoms. The highest BCUT2D eigenvalue weighted by Gasteiger charge is 1.99. The Hall–Kier alpha value is -2.14. The van der Waals surface area contributed by atoms with Crippen molar-refractivity contribution in [2.45, 2.75) is 19.8 Å². The summed E-state index contributed by atoms with van der Waals surface area (Å²) < 4.78 is 12.8. The van der Waals surface area contributed by atoms with Crippen molar-refractivity contribution in [3.63, 3.8) is 0 Å². The lowest BCUT2D eigenvalue weighted by Crippen LogP contribution is -1.85. The van der Waals surface area contributed by atoms with Gasteiger partial charge in [-0.3, -0.25) is 4.98 Å². The third-order valence-corrected chi connectivity index (χ3v) is 2.51. The Morgan fingerprint density at radius 1 is 1.11 bits per heavy atom. The first-order valence-electron chi connectivity index (χ1n) is 6.00. The van der Waals surface area contributed by atoms with Crippen molar-refractivity contribution in [2.24, 2.45) is 0 Å². The third-order valence-electron chi connectivity index (χ3n) is 2.51. The van der Waals surface area contributed by atoms with Crippen molar-refractivity contribution in [3.8, 4) is 23.1 Å². The van der Waals surface area contributed by atoms with Gasteiger partial charge in [-0.2, -0.15) is 0 Å². The average molecular weight is 239 g/mol. The summed E-state index contributed by atoms with van der Waals surface area (Å²) in [5.74, 6) is 5.90. The van der Waals surface area contributed by atoms with Crippen molar-refractivity contribution in [1.82, 2.24) is 4.98 Å². The Morgan fingerprint density at radius 3 is 2.50 bits per heavy atom. The number of halogens is 1. The van der Waals surface area contributed by atoms with E-state index in [2.05, 4.69) is 23.7 Å². The van der Waals surface area contributed by atoms with E-state index < -0.39 is 0 Å². The van der Waals surface area contributed by atoms with Gasteiger partial charge in [0.2, 0.25) is 0 Å². The summed E-state index contributed by atoms with van der Waals surface area (Å²) >= 11 is 0. The molecule has 0 amide bonds. The van der Waals surface area contributed by atoms with Crippen LogP contribution in [0.3, 0.4) is 0 Å². The first kappa shape index (κ1) is 12.3. The molecule has 90 valence electrons. The standard InChI is InChI=1S/C16H14FN/c1-2-3-4-5-13-6-11-16(18-12-13)14-7-9-15(17)10-8-14/h6-12H,2-3H2,1H3. The van der Waals surface area contributed by atoms with Crippen molar-refractivity contribution in [2.75, 3.05) is 0 Å². The molecule has 1 nitrogen and oxygen atoms in total. The predicted molar refractivity (Wildman–Crippen MR) is 71.4 cm³/mol. The Labute approximate surface area is 107 Å². The molecule has 2 aromatic rings. The number of benzene rings is 1.